The molecular formula is C24H34N4O2S. The Hall–Kier alpha value is -2.67. The van der Waals surface area contributed by atoms with E-state index < -0.39 is 0 Å². The first-order chi connectivity index (χ1) is 14.9. The third-order valence-electron chi connectivity index (χ3n) is 4.58. The number of carbonyl (C=O) groups is 1. The molecule has 1 unspecified atom stereocenters. The van der Waals surface area contributed by atoms with Gasteiger partial charge in [-0.1, -0.05) is 31.2 Å². The summed E-state index contributed by atoms with van der Waals surface area (Å²) >= 11 is 1.80. The first-order valence-electron chi connectivity index (χ1n) is 10.5. The van der Waals surface area contributed by atoms with Crippen LogP contribution < -0.4 is 15.4 Å². The van der Waals surface area contributed by atoms with Gasteiger partial charge in [0.1, 0.15) is 5.75 Å². The zero-order valence-corrected chi connectivity index (χ0v) is 20.0. The van der Waals surface area contributed by atoms with Crippen molar-refractivity contribution in [2.45, 2.75) is 25.3 Å². The SMILES string of the molecule is CCNC(=NCc1ccc(C(=O)N(C)C)cc1)NCC(C)CSc1ccccc1OC. The maximum atomic E-state index is 12.0. The quantitative estimate of drug-likeness (QED) is 0.332. The highest BCUT2D eigenvalue weighted by atomic mass is 32.2. The lowest BCUT2D eigenvalue weighted by atomic mass is 10.1. The summed E-state index contributed by atoms with van der Waals surface area (Å²) in [5.74, 6) is 3.15. The van der Waals surface area contributed by atoms with Crippen LogP contribution in [0.4, 0.5) is 0 Å². The van der Waals surface area contributed by atoms with Gasteiger partial charge in [0.25, 0.3) is 5.91 Å². The minimum Gasteiger partial charge on any atom is -0.496 e. The molecule has 0 aliphatic heterocycles. The molecule has 0 saturated heterocycles. The van der Waals surface area contributed by atoms with Crippen LogP contribution in [0.2, 0.25) is 0 Å². The summed E-state index contributed by atoms with van der Waals surface area (Å²) in [5.41, 5.74) is 1.75. The van der Waals surface area contributed by atoms with Crippen molar-refractivity contribution in [2.75, 3.05) is 40.0 Å². The lowest BCUT2D eigenvalue weighted by Crippen LogP contribution is -2.39. The molecular weight excluding hydrogens is 408 g/mol. The highest BCUT2D eigenvalue weighted by molar-refractivity contribution is 7.99. The van der Waals surface area contributed by atoms with Crippen molar-refractivity contribution in [1.82, 2.24) is 15.5 Å². The van der Waals surface area contributed by atoms with Gasteiger partial charge in [-0.05, 0) is 42.7 Å². The van der Waals surface area contributed by atoms with E-state index in [0.717, 1.165) is 41.0 Å². The van der Waals surface area contributed by atoms with Crippen LogP contribution >= 0.6 is 11.8 Å². The molecule has 0 fully saturated rings. The largest absolute Gasteiger partial charge is 0.496 e. The molecule has 0 heterocycles. The molecule has 0 aliphatic carbocycles. The number of thioether (sulfide) groups is 1. The summed E-state index contributed by atoms with van der Waals surface area (Å²) in [7, 11) is 5.21. The van der Waals surface area contributed by atoms with Crippen molar-refractivity contribution in [2.24, 2.45) is 10.9 Å². The van der Waals surface area contributed by atoms with E-state index in [1.54, 1.807) is 37.9 Å². The number of nitrogens with one attached hydrogen (secondary N) is 2. The number of ether oxygens (including phenoxy) is 1. The third kappa shape index (κ3) is 8.17. The van der Waals surface area contributed by atoms with Gasteiger partial charge in [0.15, 0.2) is 5.96 Å². The Balaban J connectivity index is 1.87. The first kappa shape index (κ1) is 24.6. The van der Waals surface area contributed by atoms with E-state index in [-0.39, 0.29) is 5.91 Å². The van der Waals surface area contributed by atoms with Crippen molar-refractivity contribution >= 4 is 23.6 Å². The summed E-state index contributed by atoms with van der Waals surface area (Å²) < 4.78 is 5.43. The summed E-state index contributed by atoms with van der Waals surface area (Å²) in [6.07, 6.45) is 0. The van der Waals surface area contributed by atoms with Crippen molar-refractivity contribution in [3.05, 3.63) is 59.7 Å². The highest BCUT2D eigenvalue weighted by Crippen LogP contribution is 2.29. The molecule has 7 heteroatoms. The second-order valence-corrected chi connectivity index (χ2v) is 8.60. The number of amides is 1. The molecule has 1 amide bonds. The lowest BCUT2D eigenvalue weighted by molar-refractivity contribution is 0.0827. The molecule has 2 rings (SSSR count). The monoisotopic (exact) mass is 442 g/mol. The van der Waals surface area contributed by atoms with Crippen LogP contribution in [0.15, 0.2) is 58.4 Å². The molecule has 6 nitrogen and oxygen atoms in total. The predicted molar refractivity (Wildman–Crippen MR) is 130 cm³/mol. The molecule has 31 heavy (non-hydrogen) atoms. The van der Waals surface area contributed by atoms with Gasteiger partial charge in [0.05, 0.1) is 13.7 Å². The van der Waals surface area contributed by atoms with Crippen LogP contribution in [-0.2, 0) is 6.54 Å². The normalized spacial score (nSPS) is 12.2. The average molecular weight is 443 g/mol. The number of rotatable bonds is 10. The van der Waals surface area contributed by atoms with E-state index in [0.29, 0.717) is 18.0 Å². The van der Waals surface area contributed by atoms with E-state index in [1.165, 1.54) is 0 Å². The van der Waals surface area contributed by atoms with Gasteiger partial charge in [0.2, 0.25) is 0 Å². The van der Waals surface area contributed by atoms with Gasteiger partial charge in [-0.2, -0.15) is 0 Å². The van der Waals surface area contributed by atoms with Gasteiger partial charge in [-0.15, -0.1) is 11.8 Å². The third-order valence-corrected chi connectivity index (χ3v) is 5.97. The Kier molecular flexibility index (Phi) is 10.2. The molecule has 168 valence electrons. The fourth-order valence-corrected chi connectivity index (χ4v) is 3.87. The number of carbonyl (C=O) groups excluding carboxylic acids is 1. The van der Waals surface area contributed by atoms with Gasteiger partial charge in [-0.3, -0.25) is 4.79 Å². The summed E-state index contributed by atoms with van der Waals surface area (Å²) in [6, 6.07) is 15.7. The second-order valence-electron chi connectivity index (χ2n) is 7.54. The van der Waals surface area contributed by atoms with E-state index in [4.69, 9.17) is 4.74 Å². The topological polar surface area (TPSA) is 66.0 Å². The number of hydrogen-bond acceptors (Lipinski definition) is 4. The standard InChI is InChI=1S/C24H34N4O2S/c1-6-25-24(27-16-19-11-13-20(14-12-19)23(29)28(3)4)26-15-18(2)17-31-22-10-8-7-9-21(22)30-5/h7-14,18H,6,15-17H2,1-5H3,(H2,25,26,27). The second kappa shape index (κ2) is 12.9. The molecule has 0 aromatic heterocycles. The van der Waals surface area contributed by atoms with Crippen LogP contribution in [0.5, 0.6) is 5.75 Å². The molecule has 2 N–H and O–H groups in total. The number of para-hydroxylation sites is 1. The van der Waals surface area contributed by atoms with Crippen LogP contribution in [0.3, 0.4) is 0 Å². The van der Waals surface area contributed by atoms with E-state index >= 15 is 0 Å². The minimum atomic E-state index is 0.00466. The molecule has 0 saturated carbocycles. The van der Waals surface area contributed by atoms with Gasteiger partial charge < -0.3 is 20.3 Å². The number of methoxy groups -OCH3 is 1. The van der Waals surface area contributed by atoms with Crippen LogP contribution in [0.25, 0.3) is 0 Å². The molecule has 0 aliphatic rings. The maximum absolute atomic E-state index is 12.0. The van der Waals surface area contributed by atoms with Crippen molar-refractivity contribution in [3.8, 4) is 5.75 Å². The Bertz CT molecular complexity index is 853. The molecule has 0 bridgehead atoms. The smallest absolute Gasteiger partial charge is 0.253 e. The van der Waals surface area contributed by atoms with Gasteiger partial charge >= 0.3 is 0 Å². The Morgan fingerprint density at radius 2 is 1.84 bits per heavy atom. The fraction of sp³-hybridized carbons (Fsp3) is 0.417. The average Bonchev–Trinajstić information content (AvgIpc) is 2.79. The Morgan fingerprint density at radius 1 is 1.13 bits per heavy atom. The summed E-state index contributed by atoms with van der Waals surface area (Å²) in [5, 5.41) is 6.73. The number of guanidine groups is 1. The molecule has 0 radical (unpaired) electrons. The maximum Gasteiger partial charge on any atom is 0.253 e. The number of benzene rings is 2. The van der Waals surface area contributed by atoms with E-state index in [9.17, 15) is 4.79 Å². The van der Waals surface area contributed by atoms with Gasteiger partial charge in [0, 0.05) is 43.4 Å². The number of nitrogens with zero attached hydrogens (tertiary/aromatic N) is 2. The number of aliphatic imine (C=N–C) groups is 1. The van der Waals surface area contributed by atoms with E-state index in [1.807, 2.05) is 42.5 Å². The van der Waals surface area contributed by atoms with Crippen LogP contribution in [0, 0.1) is 5.92 Å². The zero-order valence-electron chi connectivity index (χ0n) is 19.1. The number of hydrogen-bond donors (Lipinski definition) is 2. The van der Waals surface area contributed by atoms with Gasteiger partial charge in [-0.25, -0.2) is 4.99 Å². The van der Waals surface area contributed by atoms with Crippen molar-refractivity contribution < 1.29 is 9.53 Å². The summed E-state index contributed by atoms with van der Waals surface area (Å²) in [6.45, 7) is 6.45. The predicted octanol–water partition coefficient (Wildman–Crippen LogP) is 3.88. The van der Waals surface area contributed by atoms with Crippen LogP contribution in [-0.4, -0.2) is 56.8 Å². The minimum absolute atomic E-state index is 0.00466. The van der Waals surface area contributed by atoms with E-state index in [2.05, 4.69) is 35.5 Å². The Morgan fingerprint density at radius 3 is 2.48 bits per heavy atom. The first-order valence-corrected chi connectivity index (χ1v) is 11.5. The van der Waals surface area contributed by atoms with Crippen molar-refractivity contribution in [3.63, 3.8) is 0 Å². The summed E-state index contributed by atoms with van der Waals surface area (Å²) in [4.78, 5) is 19.4. The van der Waals surface area contributed by atoms with Crippen LogP contribution in [0.1, 0.15) is 29.8 Å². The van der Waals surface area contributed by atoms with Crippen molar-refractivity contribution in [1.29, 1.82) is 0 Å². The Labute approximate surface area is 190 Å². The molecule has 2 aromatic rings. The molecule has 0 spiro atoms. The highest BCUT2D eigenvalue weighted by Gasteiger charge is 2.09. The lowest BCUT2D eigenvalue weighted by Gasteiger charge is -2.16. The fourth-order valence-electron chi connectivity index (χ4n) is 2.82. The zero-order chi connectivity index (χ0) is 22.6. The molecule has 2 aromatic carbocycles. The molecule has 1 atom stereocenters.